The van der Waals surface area contributed by atoms with Crippen LogP contribution in [0.2, 0.25) is 0 Å². The van der Waals surface area contributed by atoms with Crippen LogP contribution in [-0.4, -0.2) is 68.1 Å². The summed E-state index contributed by atoms with van der Waals surface area (Å²) in [5.74, 6) is 0.00949. The third-order valence-corrected chi connectivity index (χ3v) is 2.52. The van der Waals surface area contributed by atoms with E-state index in [0.29, 0.717) is 6.54 Å². The monoisotopic (exact) mass is 228 g/mol. The number of nitrogens with one attached hydrogen (secondary N) is 2. The van der Waals surface area contributed by atoms with E-state index in [2.05, 4.69) is 10.6 Å². The number of likely N-dealkylation sites (N-methyl/N-ethyl adjacent to an activating group) is 1. The maximum atomic E-state index is 11.8. The Hall–Kier alpha value is -1.30. The summed E-state index contributed by atoms with van der Waals surface area (Å²) < 4.78 is 0. The highest BCUT2D eigenvalue weighted by Crippen LogP contribution is 1.95. The van der Waals surface area contributed by atoms with Crippen molar-refractivity contribution in [3.05, 3.63) is 0 Å². The molecule has 0 radical (unpaired) electrons. The summed E-state index contributed by atoms with van der Waals surface area (Å²) in [7, 11) is 1.63. The quantitative estimate of drug-likeness (QED) is 0.656. The van der Waals surface area contributed by atoms with Crippen molar-refractivity contribution in [3.8, 4) is 0 Å². The SMILES string of the molecule is CCNC(=O)N(C)CC(=O)N1CCNCC1. The molecule has 6 nitrogen and oxygen atoms in total. The van der Waals surface area contributed by atoms with Crippen molar-refractivity contribution in [1.82, 2.24) is 20.4 Å². The van der Waals surface area contributed by atoms with Crippen molar-refractivity contribution in [2.45, 2.75) is 6.92 Å². The average molecular weight is 228 g/mol. The molecule has 1 heterocycles. The molecule has 1 aliphatic heterocycles. The Balaban J connectivity index is 2.34. The zero-order valence-corrected chi connectivity index (χ0v) is 9.95. The maximum Gasteiger partial charge on any atom is 0.317 e. The first-order valence-corrected chi connectivity index (χ1v) is 5.62. The summed E-state index contributed by atoms with van der Waals surface area (Å²) in [4.78, 5) is 26.4. The molecule has 3 amide bonds. The molecule has 0 unspecified atom stereocenters. The van der Waals surface area contributed by atoms with Gasteiger partial charge in [-0.05, 0) is 6.92 Å². The molecule has 1 saturated heterocycles. The highest BCUT2D eigenvalue weighted by Gasteiger charge is 2.19. The Labute approximate surface area is 96.0 Å². The number of hydrogen-bond acceptors (Lipinski definition) is 3. The third kappa shape index (κ3) is 3.69. The van der Waals surface area contributed by atoms with Crippen LogP contribution in [0.15, 0.2) is 0 Å². The van der Waals surface area contributed by atoms with Crippen LogP contribution in [0, 0.1) is 0 Å². The molecule has 0 bridgehead atoms. The van der Waals surface area contributed by atoms with Gasteiger partial charge in [-0.25, -0.2) is 4.79 Å². The predicted molar refractivity (Wildman–Crippen MR) is 61.2 cm³/mol. The minimum atomic E-state index is -0.203. The van der Waals surface area contributed by atoms with Gasteiger partial charge in [0.05, 0.1) is 0 Å². The van der Waals surface area contributed by atoms with E-state index < -0.39 is 0 Å². The predicted octanol–water partition coefficient (Wildman–Crippen LogP) is -0.920. The topological polar surface area (TPSA) is 64.7 Å². The molecule has 0 saturated carbocycles. The fourth-order valence-corrected chi connectivity index (χ4v) is 1.58. The minimum absolute atomic E-state index is 0.00949. The lowest BCUT2D eigenvalue weighted by molar-refractivity contribution is -0.132. The normalized spacial score (nSPS) is 15.8. The Bertz CT molecular complexity index is 251. The zero-order valence-electron chi connectivity index (χ0n) is 9.95. The molecule has 0 aromatic carbocycles. The molecular formula is C10H20N4O2. The molecule has 0 spiro atoms. The third-order valence-electron chi connectivity index (χ3n) is 2.52. The first-order valence-electron chi connectivity index (χ1n) is 5.62. The van der Waals surface area contributed by atoms with Gasteiger partial charge >= 0.3 is 6.03 Å². The molecule has 16 heavy (non-hydrogen) atoms. The van der Waals surface area contributed by atoms with Crippen molar-refractivity contribution < 1.29 is 9.59 Å². The molecule has 1 fully saturated rings. The van der Waals surface area contributed by atoms with E-state index in [-0.39, 0.29) is 18.5 Å². The highest BCUT2D eigenvalue weighted by atomic mass is 16.2. The number of urea groups is 1. The van der Waals surface area contributed by atoms with Gasteiger partial charge in [0.1, 0.15) is 6.54 Å². The molecule has 1 rings (SSSR count). The zero-order chi connectivity index (χ0) is 12.0. The van der Waals surface area contributed by atoms with Crippen LogP contribution in [0.4, 0.5) is 4.79 Å². The molecule has 92 valence electrons. The van der Waals surface area contributed by atoms with Gasteiger partial charge < -0.3 is 20.4 Å². The van der Waals surface area contributed by atoms with Gasteiger partial charge in [0.25, 0.3) is 0 Å². The Morgan fingerprint density at radius 3 is 2.56 bits per heavy atom. The van der Waals surface area contributed by atoms with Crippen molar-refractivity contribution in [2.75, 3.05) is 46.3 Å². The summed E-state index contributed by atoms with van der Waals surface area (Å²) in [5.41, 5.74) is 0. The maximum absolute atomic E-state index is 11.8. The van der Waals surface area contributed by atoms with Crippen molar-refractivity contribution in [2.24, 2.45) is 0 Å². The first-order chi connectivity index (χ1) is 7.65. The lowest BCUT2D eigenvalue weighted by Gasteiger charge is -2.29. The lowest BCUT2D eigenvalue weighted by atomic mass is 10.3. The number of carbonyl (C=O) groups is 2. The van der Waals surface area contributed by atoms with Gasteiger partial charge in [-0.1, -0.05) is 0 Å². The van der Waals surface area contributed by atoms with E-state index >= 15 is 0 Å². The second-order valence-electron chi connectivity index (χ2n) is 3.82. The second kappa shape index (κ2) is 6.32. The number of piperazine rings is 1. The van der Waals surface area contributed by atoms with Crippen LogP contribution in [0.3, 0.4) is 0 Å². The number of nitrogens with zero attached hydrogens (tertiary/aromatic N) is 2. The second-order valence-corrected chi connectivity index (χ2v) is 3.82. The van der Waals surface area contributed by atoms with Crippen LogP contribution in [0.5, 0.6) is 0 Å². The van der Waals surface area contributed by atoms with Crippen LogP contribution < -0.4 is 10.6 Å². The van der Waals surface area contributed by atoms with Crippen molar-refractivity contribution in [3.63, 3.8) is 0 Å². The average Bonchev–Trinajstić information content (AvgIpc) is 2.30. The first kappa shape index (κ1) is 12.8. The van der Waals surface area contributed by atoms with Crippen LogP contribution in [0.25, 0.3) is 0 Å². The number of hydrogen-bond donors (Lipinski definition) is 2. The number of carbonyl (C=O) groups excluding carboxylic acids is 2. The van der Waals surface area contributed by atoms with E-state index in [9.17, 15) is 9.59 Å². The van der Waals surface area contributed by atoms with Crippen LogP contribution in [0.1, 0.15) is 6.92 Å². The van der Waals surface area contributed by atoms with E-state index in [1.807, 2.05) is 6.92 Å². The largest absolute Gasteiger partial charge is 0.339 e. The van der Waals surface area contributed by atoms with Gasteiger partial charge in [-0.3, -0.25) is 4.79 Å². The van der Waals surface area contributed by atoms with E-state index in [0.717, 1.165) is 26.2 Å². The molecule has 0 aromatic rings. The number of rotatable bonds is 3. The minimum Gasteiger partial charge on any atom is -0.339 e. The van der Waals surface area contributed by atoms with Crippen LogP contribution in [-0.2, 0) is 4.79 Å². The Morgan fingerprint density at radius 1 is 1.38 bits per heavy atom. The summed E-state index contributed by atoms with van der Waals surface area (Å²) in [6.07, 6.45) is 0. The van der Waals surface area contributed by atoms with Gasteiger partial charge in [0.15, 0.2) is 0 Å². The molecule has 1 aliphatic rings. The molecule has 6 heteroatoms. The Morgan fingerprint density at radius 2 is 2.00 bits per heavy atom. The summed E-state index contributed by atoms with van der Waals surface area (Å²) in [6, 6.07) is -0.203. The molecule has 0 atom stereocenters. The molecular weight excluding hydrogens is 208 g/mol. The van der Waals surface area contributed by atoms with Gasteiger partial charge in [0.2, 0.25) is 5.91 Å². The van der Waals surface area contributed by atoms with Crippen LogP contribution >= 0.6 is 0 Å². The summed E-state index contributed by atoms with van der Waals surface area (Å²) >= 11 is 0. The van der Waals surface area contributed by atoms with E-state index in [4.69, 9.17) is 0 Å². The standard InChI is InChI=1S/C10H20N4O2/c1-3-12-10(16)13(2)8-9(15)14-6-4-11-5-7-14/h11H,3-8H2,1-2H3,(H,12,16). The lowest BCUT2D eigenvalue weighted by Crippen LogP contribution is -2.50. The fraction of sp³-hybridized carbons (Fsp3) is 0.800. The van der Waals surface area contributed by atoms with Gasteiger partial charge in [0, 0.05) is 39.8 Å². The Kier molecular flexibility index (Phi) is 5.04. The summed E-state index contributed by atoms with van der Waals surface area (Å²) in [6.45, 7) is 5.68. The molecule has 0 aromatic heterocycles. The molecule has 2 N–H and O–H groups in total. The fourth-order valence-electron chi connectivity index (χ4n) is 1.58. The number of amides is 3. The summed E-state index contributed by atoms with van der Waals surface area (Å²) in [5, 5.41) is 5.84. The van der Waals surface area contributed by atoms with Gasteiger partial charge in [-0.2, -0.15) is 0 Å². The van der Waals surface area contributed by atoms with E-state index in [1.54, 1.807) is 11.9 Å². The highest BCUT2D eigenvalue weighted by molar-refractivity contribution is 5.84. The van der Waals surface area contributed by atoms with Gasteiger partial charge in [-0.15, -0.1) is 0 Å². The van der Waals surface area contributed by atoms with E-state index in [1.165, 1.54) is 4.90 Å². The molecule has 0 aliphatic carbocycles. The van der Waals surface area contributed by atoms with Crippen molar-refractivity contribution in [1.29, 1.82) is 0 Å². The van der Waals surface area contributed by atoms with Crippen molar-refractivity contribution >= 4 is 11.9 Å². The smallest absolute Gasteiger partial charge is 0.317 e.